The zero-order valence-electron chi connectivity index (χ0n) is 7.04. The van der Waals surface area contributed by atoms with Crippen LogP contribution in [-0.2, 0) is 6.54 Å². The van der Waals surface area contributed by atoms with Crippen LogP contribution in [0.25, 0.3) is 0 Å². The van der Waals surface area contributed by atoms with Gasteiger partial charge in [-0.15, -0.1) is 0 Å². The highest BCUT2D eigenvalue weighted by atomic mass is 14.9. The van der Waals surface area contributed by atoms with E-state index in [4.69, 9.17) is 5.26 Å². The Hall–Kier alpha value is -1.40. The molecule has 0 aliphatic carbocycles. The van der Waals surface area contributed by atoms with Gasteiger partial charge in [0, 0.05) is 12.2 Å². The summed E-state index contributed by atoms with van der Waals surface area (Å²) in [6.45, 7) is 2.98. The average Bonchev–Trinajstić information content (AvgIpc) is 2.05. The van der Waals surface area contributed by atoms with Crippen molar-refractivity contribution in [3.8, 4) is 6.07 Å². The molecule has 62 valence electrons. The number of nitrogens with zero attached hydrogens (tertiary/aromatic N) is 2. The summed E-state index contributed by atoms with van der Waals surface area (Å²) in [5.74, 6) is 0. The van der Waals surface area contributed by atoms with Crippen molar-refractivity contribution in [3.05, 3.63) is 29.6 Å². The number of pyridine rings is 1. The average molecular weight is 161 g/mol. The van der Waals surface area contributed by atoms with Crippen LogP contribution in [0.5, 0.6) is 0 Å². The molecule has 0 amide bonds. The molecule has 0 saturated heterocycles. The molecule has 0 fully saturated rings. The smallest absolute Gasteiger partial charge is 0.0844 e. The SMILES string of the molecule is Cc1cccc(CNCC#N)n1. The van der Waals surface area contributed by atoms with E-state index >= 15 is 0 Å². The first kappa shape index (κ1) is 8.69. The maximum Gasteiger partial charge on any atom is 0.0844 e. The third-order valence-corrected chi connectivity index (χ3v) is 1.46. The molecule has 3 heteroatoms. The van der Waals surface area contributed by atoms with Gasteiger partial charge >= 0.3 is 0 Å². The molecule has 0 aromatic carbocycles. The van der Waals surface area contributed by atoms with Crippen LogP contribution in [0.1, 0.15) is 11.4 Å². The number of hydrogen-bond acceptors (Lipinski definition) is 3. The first-order valence-electron chi connectivity index (χ1n) is 3.83. The summed E-state index contributed by atoms with van der Waals surface area (Å²) in [7, 11) is 0. The van der Waals surface area contributed by atoms with E-state index in [0.29, 0.717) is 13.1 Å². The quantitative estimate of drug-likeness (QED) is 0.531. The van der Waals surface area contributed by atoms with Gasteiger partial charge in [0.15, 0.2) is 0 Å². The van der Waals surface area contributed by atoms with Crippen LogP contribution in [0.3, 0.4) is 0 Å². The van der Waals surface area contributed by atoms with Crippen molar-refractivity contribution in [1.29, 1.82) is 5.26 Å². The van der Waals surface area contributed by atoms with Crippen LogP contribution >= 0.6 is 0 Å². The molecule has 0 aliphatic rings. The van der Waals surface area contributed by atoms with Crippen molar-refractivity contribution >= 4 is 0 Å². The Balaban J connectivity index is 2.48. The predicted octanol–water partition coefficient (Wildman–Crippen LogP) is 1.00. The Morgan fingerprint density at radius 1 is 1.58 bits per heavy atom. The van der Waals surface area contributed by atoms with Gasteiger partial charge in [-0.1, -0.05) is 6.07 Å². The van der Waals surface area contributed by atoms with Crippen molar-refractivity contribution in [1.82, 2.24) is 10.3 Å². The third kappa shape index (κ3) is 2.69. The molecule has 0 aliphatic heterocycles. The molecule has 1 heterocycles. The standard InChI is InChI=1S/C9H11N3/c1-8-3-2-4-9(12-8)7-11-6-5-10/h2-4,11H,6-7H2,1H3. The predicted molar refractivity (Wildman–Crippen MR) is 46.3 cm³/mol. The molecule has 1 aromatic rings. The van der Waals surface area contributed by atoms with Gasteiger partial charge in [0.2, 0.25) is 0 Å². The second-order valence-electron chi connectivity index (χ2n) is 2.53. The van der Waals surface area contributed by atoms with Gasteiger partial charge in [-0.2, -0.15) is 5.26 Å². The lowest BCUT2D eigenvalue weighted by atomic mass is 10.3. The lowest BCUT2D eigenvalue weighted by Gasteiger charge is -2.00. The van der Waals surface area contributed by atoms with Crippen LogP contribution in [0, 0.1) is 18.3 Å². The second kappa shape index (κ2) is 4.47. The van der Waals surface area contributed by atoms with Crippen LogP contribution in [0.2, 0.25) is 0 Å². The van der Waals surface area contributed by atoms with Crippen LogP contribution in [0.15, 0.2) is 18.2 Å². The Labute approximate surface area is 72.1 Å². The molecule has 1 N–H and O–H groups in total. The highest BCUT2D eigenvalue weighted by Gasteiger charge is 1.92. The normalized spacial score (nSPS) is 9.33. The van der Waals surface area contributed by atoms with Crippen molar-refractivity contribution in [2.75, 3.05) is 6.54 Å². The maximum atomic E-state index is 8.27. The number of nitrogens with one attached hydrogen (secondary N) is 1. The molecule has 3 nitrogen and oxygen atoms in total. The number of aryl methyl sites for hydroxylation is 1. The summed E-state index contributed by atoms with van der Waals surface area (Å²) in [6.07, 6.45) is 0. The van der Waals surface area contributed by atoms with Gasteiger partial charge in [-0.25, -0.2) is 0 Å². The zero-order valence-corrected chi connectivity index (χ0v) is 7.04. The highest BCUT2D eigenvalue weighted by Crippen LogP contribution is 1.96. The molecule has 0 bridgehead atoms. The fourth-order valence-electron chi connectivity index (χ4n) is 0.944. The fourth-order valence-corrected chi connectivity index (χ4v) is 0.944. The van der Waals surface area contributed by atoms with Crippen LogP contribution < -0.4 is 5.32 Å². The van der Waals surface area contributed by atoms with Crippen molar-refractivity contribution in [3.63, 3.8) is 0 Å². The van der Waals surface area contributed by atoms with E-state index in [2.05, 4.69) is 10.3 Å². The Bertz CT molecular complexity index is 288. The van der Waals surface area contributed by atoms with E-state index in [1.165, 1.54) is 0 Å². The minimum Gasteiger partial charge on any atom is -0.299 e. The zero-order chi connectivity index (χ0) is 8.81. The maximum absolute atomic E-state index is 8.27. The lowest BCUT2D eigenvalue weighted by molar-refractivity contribution is 0.742. The molecule has 1 aromatic heterocycles. The summed E-state index contributed by atoms with van der Waals surface area (Å²) < 4.78 is 0. The van der Waals surface area contributed by atoms with Gasteiger partial charge in [-0.3, -0.25) is 10.3 Å². The topological polar surface area (TPSA) is 48.7 Å². The van der Waals surface area contributed by atoms with Gasteiger partial charge in [-0.05, 0) is 19.1 Å². The Morgan fingerprint density at radius 2 is 2.42 bits per heavy atom. The van der Waals surface area contributed by atoms with Crippen molar-refractivity contribution < 1.29 is 0 Å². The molecule has 12 heavy (non-hydrogen) atoms. The molecule has 0 saturated carbocycles. The van der Waals surface area contributed by atoms with Gasteiger partial charge in [0.05, 0.1) is 18.3 Å². The molecule has 0 spiro atoms. The monoisotopic (exact) mass is 161 g/mol. The molecule has 1 rings (SSSR count). The van der Waals surface area contributed by atoms with E-state index < -0.39 is 0 Å². The number of rotatable bonds is 3. The first-order chi connectivity index (χ1) is 5.83. The Kier molecular flexibility index (Phi) is 3.24. The van der Waals surface area contributed by atoms with E-state index in [0.717, 1.165) is 11.4 Å². The largest absolute Gasteiger partial charge is 0.299 e. The summed E-state index contributed by atoms with van der Waals surface area (Å²) in [5, 5.41) is 11.2. The molecule has 0 radical (unpaired) electrons. The first-order valence-corrected chi connectivity index (χ1v) is 3.83. The number of aromatic nitrogens is 1. The highest BCUT2D eigenvalue weighted by molar-refractivity contribution is 5.09. The molecular weight excluding hydrogens is 150 g/mol. The fraction of sp³-hybridized carbons (Fsp3) is 0.333. The van der Waals surface area contributed by atoms with Crippen LogP contribution in [-0.4, -0.2) is 11.5 Å². The van der Waals surface area contributed by atoms with E-state index in [9.17, 15) is 0 Å². The van der Waals surface area contributed by atoms with Gasteiger partial charge in [0.1, 0.15) is 0 Å². The second-order valence-corrected chi connectivity index (χ2v) is 2.53. The minimum atomic E-state index is 0.371. The Morgan fingerprint density at radius 3 is 3.08 bits per heavy atom. The summed E-state index contributed by atoms with van der Waals surface area (Å²) >= 11 is 0. The summed E-state index contributed by atoms with van der Waals surface area (Å²) in [6, 6.07) is 7.87. The molecule has 0 unspecified atom stereocenters. The van der Waals surface area contributed by atoms with Gasteiger partial charge < -0.3 is 0 Å². The van der Waals surface area contributed by atoms with Crippen molar-refractivity contribution in [2.24, 2.45) is 0 Å². The van der Waals surface area contributed by atoms with E-state index in [1.807, 2.05) is 31.2 Å². The van der Waals surface area contributed by atoms with E-state index in [1.54, 1.807) is 0 Å². The minimum absolute atomic E-state index is 0.371. The summed E-state index contributed by atoms with van der Waals surface area (Å²) in [5.41, 5.74) is 1.98. The summed E-state index contributed by atoms with van der Waals surface area (Å²) in [4.78, 5) is 4.27. The number of nitriles is 1. The van der Waals surface area contributed by atoms with Gasteiger partial charge in [0.25, 0.3) is 0 Å². The number of hydrogen-bond donors (Lipinski definition) is 1. The van der Waals surface area contributed by atoms with Crippen LogP contribution in [0.4, 0.5) is 0 Å². The van der Waals surface area contributed by atoms with Crippen molar-refractivity contribution in [2.45, 2.75) is 13.5 Å². The lowest BCUT2D eigenvalue weighted by Crippen LogP contribution is -2.14. The van der Waals surface area contributed by atoms with E-state index in [-0.39, 0.29) is 0 Å². The molecular formula is C9H11N3. The third-order valence-electron chi connectivity index (χ3n) is 1.46. The molecule has 0 atom stereocenters.